The number of hydrogen-bond acceptors (Lipinski definition) is 2. The van der Waals surface area contributed by atoms with Crippen LogP contribution in [0, 0.1) is 19.7 Å². The molecule has 0 saturated heterocycles. The molecule has 1 N–H and O–H groups in total. The SMILES string of the molecule is CNC(C)c1ccc(Oc2cc(C)cc(C)c2)c(F)c1. The molecule has 0 radical (unpaired) electrons. The first kappa shape index (κ1) is 14.5. The molecule has 0 aromatic heterocycles. The van der Waals surface area contributed by atoms with Crippen LogP contribution in [0.2, 0.25) is 0 Å². The second-order valence-electron chi connectivity index (χ2n) is 5.13. The number of aryl methyl sites for hydroxylation is 2. The third-order valence-corrected chi connectivity index (χ3v) is 3.31. The van der Waals surface area contributed by atoms with Crippen LogP contribution in [0.3, 0.4) is 0 Å². The molecule has 1 unspecified atom stereocenters. The molecule has 0 aliphatic rings. The predicted molar refractivity (Wildman–Crippen MR) is 79.9 cm³/mol. The van der Waals surface area contributed by atoms with Crippen molar-refractivity contribution >= 4 is 0 Å². The molecule has 20 heavy (non-hydrogen) atoms. The molecule has 0 aliphatic heterocycles. The van der Waals surface area contributed by atoms with Crippen molar-refractivity contribution in [3.05, 3.63) is 58.9 Å². The van der Waals surface area contributed by atoms with E-state index in [1.807, 2.05) is 46.0 Å². The molecule has 0 aliphatic carbocycles. The van der Waals surface area contributed by atoms with Crippen LogP contribution in [0.4, 0.5) is 4.39 Å². The summed E-state index contributed by atoms with van der Waals surface area (Å²) in [7, 11) is 1.85. The third kappa shape index (κ3) is 3.36. The van der Waals surface area contributed by atoms with Gasteiger partial charge in [0.25, 0.3) is 0 Å². The maximum absolute atomic E-state index is 14.1. The Hall–Kier alpha value is -1.87. The third-order valence-electron chi connectivity index (χ3n) is 3.31. The van der Waals surface area contributed by atoms with E-state index >= 15 is 0 Å². The van der Waals surface area contributed by atoms with Gasteiger partial charge in [0.2, 0.25) is 0 Å². The van der Waals surface area contributed by atoms with Crippen molar-refractivity contribution < 1.29 is 9.13 Å². The van der Waals surface area contributed by atoms with E-state index in [0.29, 0.717) is 5.75 Å². The van der Waals surface area contributed by atoms with E-state index in [0.717, 1.165) is 16.7 Å². The normalized spacial score (nSPS) is 12.2. The Labute approximate surface area is 119 Å². The number of rotatable bonds is 4. The van der Waals surface area contributed by atoms with Crippen molar-refractivity contribution in [2.75, 3.05) is 7.05 Å². The van der Waals surface area contributed by atoms with Gasteiger partial charge in [-0.05, 0) is 68.8 Å². The van der Waals surface area contributed by atoms with Crippen molar-refractivity contribution in [1.29, 1.82) is 0 Å². The highest BCUT2D eigenvalue weighted by molar-refractivity contribution is 5.38. The Morgan fingerprint density at radius 2 is 1.70 bits per heavy atom. The van der Waals surface area contributed by atoms with Crippen molar-refractivity contribution in [3.63, 3.8) is 0 Å². The zero-order valence-corrected chi connectivity index (χ0v) is 12.3. The molecular weight excluding hydrogens is 253 g/mol. The Balaban J connectivity index is 2.25. The molecule has 0 fully saturated rings. The van der Waals surface area contributed by atoms with E-state index in [-0.39, 0.29) is 17.6 Å². The molecule has 0 saturated carbocycles. The molecule has 2 aromatic carbocycles. The van der Waals surface area contributed by atoms with Gasteiger partial charge >= 0.3 is 0 Å². The smallest absolute Gasteiger partial charge is 0.166 e. The lowest BCUT2D eigenvalue weighted by molar-refractivity contribution is 0.440. The van der Waals surface area contributed by atoms with Gasteiger partial charge in [0.1, 0.15) is 5.75 Å². The van der Waals surface area contributed by atoms with Crippen molar-refractivity contribution in [2.24, 2.45) is 0 Å². The van der Waals surface area contributed by atoms with Gasteiger partial charge in [-0.2, -0.15) is 0 Å². The van der Waals surface area contributed by atoms with Gasteiger partial charge in [-0.15, -0.1) is 0 Å². The van der Waals surface area contributed by atoms with Gasteiger partial charge in [0.15, 0.2) is 11.6 Å². The summed E-state index contributed by atoms with van der Waals surface area (Å²) in [6.07, 6.45) is 0. The van der Waals surface area contributed by atoms with Crippen LogP contribution >= 0.6 is 0 Å². The predicted octanol–water partition coefficient (Wildman–Crippen LogP) is 4.52. The van der Waals surface area contributed by atoms with Crippen molar-refractivity contribution in [2.45, 2.75) is 26.8 Å². The molecule has 2 rings (SSSR count). The highest BCUT2D eigenvalue weighted by Crippen LogP contribution is 2.28. The van der Waals surface area contributed by atoms with Gasteiger partial charge < -0.3 is 10.1 Å². The monoisotopic (exact) mass is 273 g/mol. The van der Waals surface area contributed by atoms with Gasteiger partial charge in [0.05, 0.1) is 0 Å². The topological polar surface area (TPSA) is 21.3 Å². The maximum atomic E-state index is 14.1. The average Bonchev–Trinajstić information content (AvgIpc) is 2.39. The molecule has 2 aromatic rings. The summed E-state index contributed by atoms with van der Waals surface area (Å²) in [5, 5.41) is 3.09. The highest BCUT2D eigenvalue weighted by atomic mass is 19.1. The van der Waals surface area contributed by atoms with Gasteiger partial charge in [-0.3, -0.25) is 0 Å². The second kappa shape index (κ2) is 6.06. The summed E-state index contributed by atoms with van der Waals surface area (Å²) >= 11 is 0. The van der Waals surface area contributed by atoms with Crippen LogP contribution in [-0.4, -0.2) is 7.05 Å². The Kier molecular flexibility index (Phi) is 4.40. The van der Waals surface area contributed by atoms with Crippen LogP contribution < -0.4 is 10.1 Å². The minimum absolute atomic E-state index is 0.111. The number of nitrogens with one attached hydrogen (secondary N) is 1. The largest absolute Gasteiger partial charge is 0.454 e. The van der Waals surface area contributed by atoms with E-state index in [2.05, 4.69) is 11.4 Å². The van der Waals surface area contributed by atoms with Crippen LogP contribution in [0.25, 0.3) is 0 Å². The summed E-state index contributed by atoms with van der Waals surface area (Å²) in [4.78, 5) is 0. The minimum Gasteiger partial charge on any atom is -0.454 e. The van der Waals surface area contributed by atoms with E-state index in [9.17, 15) is 4.39 Å². The fourth-order valence-corrected chi connectivity index (χ4v) is 2.15. The molecule has 1 atom stereocenters. The lowest BCUT2D eigenvalue weighted by Crippen LogP contribution is -2.12. The summed E-state index contributed by atoms with van der Waals surface area (Å²) in [6, 6.07) is 11.0. The van der Waals surface area contributed by atoms with E-state index < -0.39 is 0 Å². The van der Waals surface area contributed by atoms with Crippen LogP contribution in [0.5, 0.6) is 11.5 Å². The molecule has 0 amide bonds. The van der Waals surface area contributed by atoms with Crippen LogP contribution in [-0.2, 0) is 0 Å². The van der Waals surface area contributed by atoms with Gasteiger partial charge in [-0.25, -0.2) is 4.39 Å². The first-order valence-corrected chi connectivity index (χ1v) is 6.72. The maximum Gasteiger partial charge on any atom is 0.166 e. The van der Waals surface area contributed by atoms with E-state index in [1.165, 1.54) is 6.07 Å². The van der Waals surface area contributed by atoms with Gasteiger partial charge in [-0.1, -0.05) is 12.1 Å². The van der Waals surface area contributed by atoms with E-state index in [4.69, 9.17) is 4.74 Å². The molecular formula is C17H20FNO. The summed E-state index contributed by atoms with van der Waals surface area (Å²) in [6.45, 7) is 5.97. The van der Waals surface area contributed by atoms with Crippen LogP contribution in [0.15, 0.2) is 36.4 Å². The number of hydrogen-bond donors (Lipinski definition) is 1. The summed E-state index contributed by atoms with van der Waals surface area (Å²) in [5.74, 6) is 0.571. The second-order valence-corrected chi connectivity index (χ2v) is 5.13. The first-order valence-electron chi connectivity index (χ1n) is 6.72. The fourth-order valence-electron chi connectivity index (χ4n) is 2.15. The Morgan fingerprint density at radius 1 is 1.05 bits per heavy atom. The zero-order valence-electron chi connectivity index (χ0n) is 12.3. The quantitative estimate of drug-likeness (QED) is 0.884. The zero-order chi connectivity index (χ0) is 14.7. The molecule has 0 spiro atoms. The molecule has 106 valence electrons. The fraction of sp³-hybridized carbons (Fsp3) is 0.294. The van der Waals surface area contributed by atoms with E-state index in [1.54, 1.807) is 6.07 Å². The lowest BCUT2D eigenvalue weighted by atomic mass is 10.1. The number of ether oxygens (including phenoxy) is 1. The summed E-state index contributed by atoms with van der Waals surface area (Å²) < 4.78 is 19.7. The standard InChI is InChI=1S/C17H20FNO/c1-11-7-12(2)9-15(8-11)20-17-6-5-14(10-16(17)18)13(3)19-4/h5-10,13,19H,1-4H3. The number of benzene rings is 2. The Morgan fingerprint density at radius 3 is 2.25 bits per heavy atom. The Bertz CT molecular complexity index is 590. The first-order chi connectivity index (χ1) is 9.49. The molecule has 0 bridgehead atoms. The molecule has 2 nitrogen and oxygen atoms in total. The van der Waals surface area contributed by atoms with Gasteiger partial charge in [0, 0.05) is 6.04 Å². The average molecular weight is 273 g/mol. The van der Waals surface area contributed by atoms with Crippen molar-refractivity contribution in [3.8, 4) is 11.5 Å². The van der Waals surface area contributed by atoms with Crippen LogP contribution in [0.1, 0.15) is 29.7 Å². The summed E-state index contributed by atoms with van der Waals surface area (Å²) in [5.41, 5.74) is 3.10. The highest BCUT2D eigenvalue weighted by Gasteiger charge is 2.09. The number of halogens is 1. The molecule has 3 heteroatoms. The lowest BCUT2D eigenvalue weighted by Gasteiger charge is -2.13. The minimum atomic E-state index is -0.344. The van der Waals surface area contributed by atoms with Crippen molar-refractivity contribution in [1.82, 2.24) is 5.32 Å². The molecule has 0 heterocycles.